The maximum Gasteiger partial charge on any atom is 0.325 e. The molecule has 1 atom stereocenters. The molecule has 2 heterocycles. The van der Waals surface area contributed by atoms with E-state index in [1.807, 2.05) is 26.0 Å². The molecular weight excluding hydrogens is 526 g/mol. The molecule has 2 fully saturated rings. The van der Waals surface area contributed by atoms with Gasteiger partial charge < -0.3 is 20.4 Å². The van der Waals surface area contributed by atoms with Crippen molar-refractivity contribution >= 4 is 47.6 Å². The van der Waals surface area contributed by atoms with Gasteiger partial charge in [-0.15, -0.1) is 24.0 Å². The second-order valence-electron chi connectivity index (χ2n) is 8.09. The number of halogens is 2. The Balaban J connectivity index is 0.00000363. The number of nitrogens with one attached hydrogen (secondary N) is 2. The molecule has 8 nitrogen and oxygen atoms in total. The summed E-state index contributed by atoms with van der Waals surface area (Å²) in [6, 6.07) is 6.53. The summed E-state index contributed by atoms with van der Waals surface area (Å²) in [7, 11) is 0. The molecule has 1 unspecified atom stereocenters. The van der Waals surface area contributed by atoms with Crippen LogP contribution in [0, 0.1) is 5.82 Å². The molecule has 1 aromatic rings. The fraction of sp³-hybridized carbons (Fsp3) is 0.591. The van der Waals surface area contributed by atoms with Gasteiger partial charge in [-0.3, -0.25) is 14.7 Å². The van der Waals surface area contributed by atoms with E-state index in [0.29, 0.717) is 44.7 Å². The van der Waals surface area contributed by atoms with Crippen molar-refractivity contribution in [3.8, 4) is 0 Å². The molecule has 1 aromatic carbocycles. The number of aliphatic imine (C=N–C) groups is 1. The predicted octanol–water partition coefficient (Wildman–Crippen LogP) is 2.64. The largest absolute Gasteiger partial charge is 0.366 e. The smallest absolute Gasteiger partial charge is 0.325 e. The normalized spacial score (nSPS) is 21.5. The third kappa shape index (κ3) is 5.81. The average molecular weight is 560 g/mol. The number of guanidine groups is 1. The number of amides is 3. The lowest BCUT2D eigenvalue weighted by Crippen LogP contribution is -2.52. The van der Waals surface area contributed by atoms with E-state index >= 15 is 0 Å². The molecule has 2 aliphatic heterocycles. The number of carbonyl (C=O) groups excluding carboxylic acids is 2. The first kappa shape index (κ1) is 26.1. The van der Waals surface area contributed by atoms with Crippen molar-refractivity contribution in [1.82, 2.24) is 20.4 Å². The van der Waals surface area contributed by atoms with Crippen LogP contribution in [0.2, 0.25) is 0 Å². The summed E-state index contributed by atoms with van der Waals surface area (Å²) in [4.78, 5) is 34.8. The van der Waals surface area contributed by atoms with E-state index in [4.69, 9.17) is 0 Å². The Morgan fingerprint density at radius 1 is 1.19 bits per heavy atom. The van der Waals surface area contributed by atoms with Crippen molar-refractivity contribution in [3.63, 3.8) is 0 Å². The minimum Gasteiger partial charge on any atom is -0.366 e. The molecular formula is C22H34FIN6O2. The molecule has 0 radical (unpaired) electrons. The number of nitrogens with zero attached hydrogens (tertiary/aromatic N) is 4. The average Bonchev–Trinajstić information content (AvgIpc) is 2.99. The van der Waals surface area contributed by atoms with Crippen molar-refractivity contribution in [3.05, 3.63) is 30.1 Å². The van der Waals surface area contributed by atoms with Crippen LogP contribution in [0.5, 0.6) is 0 Å². The Kier molecular flexibility index (Phi) is 9.53. The fourth-order valence-corrected chi connectivity index (χ4v) is 3.90. The van der Waals surface area contributed by atoms with E-state index in [1.54, 1.807) is 13.0 Å². The van der Waals surface area contributed by atoms with E-state index in [1.165, 1.54) is 11.0 Å². The van der Waals surface area contributed by atoms with Crippen LogP contribution < -0.4 is 15.5 Å². The Morgan fingerprint density at radius 2 is 1.88 bits per heavy atom. The molecule has 2 N–H and O–H groups in total. The van der Waals surface area contributed by atoms with Crippen LogP contribution in [-0.2, 0) is 4.79 Å². The Morgan fingerprint density at radius 3 is 2.47 bits per heavy atom. The molecule has 3 amide bonds. The number of carbonyl (C=O) groups is 2. The second kappa shape index (κ2) is 11.7. The maximum absolute atomic E-state index is 14.1. The van der Waals surface area contributed by atoms with Gasteiger partial charge in [0.1, 0.15) is 11.4 Å². The van der Waals surface area contributed by atoms with Crippen LogP contribution in [0.4, 0.5) is 14.9 Å². The van der Waals surface area contributed by atoms with Crippen LogP contribution in [-0.4, -0.2) is 79.0 Å². The minimum atomic E-state index is -0.798. The van der Waals surface area contributed by atoms with Crippen molar-refractivity contribution in [2.24, 2.45) is 4.99 Å². The van der Waals surface area contributed by atoms with Crippen molar-refractivity contribution in [2.75, 3.05) is 50.7 Å². The standard InChI is InChI=1S/C22H33FN6O2.HI/c1-4-22(3)19(30)29(21(31)26-22)12-8-11-25-20(24-5-2)28-15-13-27(14-16-28)18-10-7-6-9-17(18)23;/h6-7,9-10H,4-5,8,11-16H2,1-3H3,(H,24,25)(H,26,31);1H. The van der Waals surface area contributed by atoms with Crippen LogP contribution >= 0.6 is 24.0 Å². The lowest BCUT2D eigenvalue weighted by atomic mass is 9.99. The number of urea groups is 1. The number of hydrogen-bond donors (Lipinski definition) is 2. The van der Waals surface area contributed by atoms with Crippen molar-refractivity contribution in [2.45, 2.75) is 39.2 Å². The molecule has 32 heavy (non-hydrogen) atoms. The van der Waals surface area contributed by atoms with E-state index < -0.39 is 5.54 Å². The van der Waals surface area contributed by atoms with Crippen molar-refractivity contribution in [1.29, 1.82) is 0 Å². The topological polar surface area (TPSA) is 80.3 Å². The number of anilines is 1. The van der Waals surface area contributed by atoms with E-state index in [9.17, 15) is 14.0 Å². The number of hydrogen-bond acceptors (Lipinski definition) is 4. The highest BCUT2D eigenvalue weighted by molar-refractivity contribution is 14.0. The van der Waals surface area contributed by atoms with Crippen LogP contribution in [0.1, 0.15) is 33.6 Å². The first-order chi connectivity index (χ1) is 14.9. The highest BCUT2D eigenvalue weighted by atomic mass is 127. The van der Waals surface area contributed by atoms with E-state index in [-0.39, 0.29) is 41.7 Å². The number of benzene rings is 1. The van der Waals surface area contributed by atoms with Crippen LogP contribution in [0.15, 0.2) is 29.3 Å². The van der Waals surface area contributed by atoms with Crippen LogP contribution in [0.3, 0.4) is 0 Å². The summed E-state index contributed by atoms with van der Waals surface area (Å²) in [5, 5.41) is 6.08. The van der Waals surface area contributed by atoms with E-state index in [0.717, 1.165) is 25.6 Å². The fourth-order valence-electron chi connectivity index (χ4n) is 3.90. The predicted molar refractivity (Wildman–Crippen MR) is 135 cm³/mol. The summed E-state index contributed by atoms with van der Waals surface area (Å²) in [6.07, 6.45) is 1.17. The number of rotatable bonds is 7. The first-order valence-corrected chi connectivity index (χ1v) is 11.1. The number of imide groups is 1. The molecule has 0 spiro atoms. The first-order valence-electron chi connectivity index (χ1n) is 11.1. The highest BCUT2D eigenvalue weighted by Gasteiger charge is 2.45. The second-order valence-corrected chi connectivity index (χ2v) is 8.09. The molecule has 0 aliphatic carbocycles. The van der Waals surface area contributed by atoms with Gasteiger partial charge in [0.15, 0.2) is 5.96 Å². The van der Waals surface area contributed by atoms with Gasteiger partial charge in [-0.05, 0) is 38.8 Å². The molecule has 3 rings (SSSR count). The summed E-state index contributed by atoms with van der Waals surface area (Å²) < 4.78 is 14.1. The molecule has 2 saturated heterocycles. The Bertz CT molecular complexity index is 830. The number of piperazine rings is 1. The van der Waals surface area contributed by atoms with E-state index in [2.05, 4.69) is 25.4 Å². The van der Waals surface area contributed by atoms with Gasteiger partial charge in [0.2, 0.25) is 0 Å². The molecule has 2 aliphatic rings. The maximum atomic E-state index is 14.1. The zero-order valence-electron chi connectivity index (χ0n) is 19.1. The molecule has 0 bridgehead atoms. The third-order valence-electron chi connectivity index (χ3n) is 5.96. The number of para-hydroxylation sites is 1. The lowest BCUT2D eigenvalue weighted by molar-refractivity contribution is -0.130. The minimum absolute atomic E-state index is 0. The van der Waals surface area contributed by atoms with Gasteiger partial charge in [-0.2, -0.15) is 0 Å². The Labute approximate surface area is 206 Å². The molecule has 0 saturated carbocycles. The van der Waals surface area contributed by atoms with Gasteiger partial charge >= 0.3 is 6.03 Å². The van der Waals surface area contributed by atoms with Gasteiger partial charge in [0, 0.05) is 45.8 Å². The van der Waals surface area contributed by atoms with Gasteiger partial charge in [-0.25, -0.2) is 9.18 Å². The molecule has 10 heteroatoms. The van der Waals surface area contributed by atoms with Gasteiger partial charge in [0.05, 0.1) is 5.69 Å². The zero-order valence-corrected chi connectivity index (χ0v) is 21.4. The lowest BCUT2D eigenvalue weighted by Gasteiger charge is -2.37. The third-order valence-corrected chi connectivity index (χ3v) is 5.96. The highest BCUT2D eigenvalue weighted by Crippen LogP contribution is 2.21. The summed E-state index contributed by atoms with van der Waals surface area (Å²) >= 11 is 0. The summed E-state index contributed by atoms with van der Waals surface area (Å²) in [5.74, 6) is 0.447. The zero-order chi connectivity index (χ0) is 22.4. The van der Waals surface area contributed by atoms with Gasteiger partial charge in [-0.1, -0.05) is 19.1 Å². The Hall–Kier alpha value is -2.11. The molecule has 0 aromatic heterocycles. The quantitative estimate of drug-likeness (QED) is 0.176. The summed E-state index contributed by atoms with van der Waals surface area (Å²) in [6.45, 7) is 10.2. The summed E-state index contributed by atoms with van der Waals surface area (Å²) in [5.41, 5.74) is -0.163. The van der Waals surface area contributed by atoms with Gasteiger partial charge in [0.25, 0.3) is 5.91 Å². The SMILES string of the molecule is CCNC(=NCCCN1C(=O)NC(C)(CC)C1=O)N1CCN(c2ccccc2F)CC1.I. The monoisotopic (exact) mass is 560 g/mol. The molecule has 178 valence electrons. The van der Waals surface area contributed by atoms with Crippen molar-refractivity contribution < 1.29 is 14.0 Å². The van der Waals surface area contributed by atoms with Crippen LogP contribution in [0.25, 0.3) is 0 Å².